The van der Waals surface area contributed by atoms with Gasteiger partial charge >= 0.3 is 0 Å². The molecule has 1 aliphatic heterocycles. The first kappa shape index (κ1) is 27.9. The number of aryl methyl sites for hydroxylation is 1. The van der Waals surface area contributed by atoms with Crippen molar-refractivity contribution in [1.29, 1.82) is 0 Å². The summed E-state index contributed by atoms with van der Waals surface area (Å²) in [6, 6.07) is 13.4. The summed E-state index contributed by atoms with van der Waals surface area (Å²) in [7, 11) is -3.42. The van der Waals surface area contributed by atoms with E-state index in [0.717, 1.165) is 29.2 Å². The van der Waals surface area contributed by atoms with Crippen LogP contribution in [-0.2, 0) is 19.4 Å². The summed E-state index contributed by atoms with van der Waals surface area (Å²) in [5, 5.41) is 0.546. The summed E-state index contributed by atoms with van der Waals surface area (Å²) < 4.78 is 30.7. The van der Waals surface area contributed by atoms with Gasteiger partial charge in [0.15, 0.2) is 15.0 Å². The van der Waals surface area contributed by atoms with Crippen LogP contribution in [0.2, 0.25) is 0 Å². The highest BCUT2D eigenvalue weighted by Gasteiger charge is 2.23. The number of fused-ring (bicyclic) bond motifs is 1. The lowest BCUT2D eigenvalue weighted by atomic mass is 10.2. The highest BCUT2D eigenvalue weighted by atomic mass is 35.5. The summed E-state index contributed by atoms with van der Waals surface area (Å²) in [5.41, 5.74) is 1.64. The van der Waals surface area contributed by atoms with Crippen molar-refractivity contribution in [3.05, 3.63) is 48.0 Å². The molecule has 0 aliphatic carbocycles. The van der Waals surface area contributed by atoms with Gasteiger partial charge in [0.25, 0.3) is 0 Å². The van der Waals surface area contributed by atoms with Gasteiger partial charge in [0, 0.05) is 49.5 Å². The van der Waals surface area contributed by atoms with Gasteiger partial charge in [0.1, 0.15) is 5.52 Å². The monoisotopic (exact) mass is 555 g/mol. The number of hydrogen-bond acceptors (Lipinski definition) is 8. The van der Waals surface area contributed by atoms with Crippen LogP contribution in [0.5, 0.6) is 0 Å². The third-order valence-corrected chi connectivity index (χ3v) is 8.84. The van der Waals surface area contributed by atoms with E-state index in [1.807, 2.05) is 6.07 Å². The number of nitrogens with zero attached hydrogens (tertiary/aromatic N) is 3. The van der Waals surface area contributed by atoms with E-state index in [9.17, 15) is 13.2 Å². The van der Waals surface area contributed by atoms with Gasteiger partial charge in [-0.3, -0.25) is 14.6 Å². The zero-order valence-electron chi connectivity index (χ0n) is 19.8. The number of ether oxygens (including phenoxy) is 1. The topological polar surface area (TPSA) is 79.8 Å². The summed E-state index contributed by atoms with van der Waals surface area (Å²) in [6.45, 7) is 6.33. The zero-order chi connectivity index (χ0) is 24.1. The Bertz CT molecular complexity index is 1240. The van der Waals surface area contributed by atoms with Gasteiger partial charge in [0.2, 0.25) is 5.91 Å². The van der Waals surface area contributed by atoms with E-state index in [0.29, 0.717) is 42.6 Å². The second-order valence-electron chi connectivity index (χ2n) is 8.28. The number of para-hydroxylation sites is 1. The predicted molar refractivity (Wildman–Crippen MR) is 146 cm³/mol. The number of thioether (sulfide) groups is 1. The quantitative estimate of drug-likeness (QED) is 0.365. The van der Waals surface area contributed by atoms with E-state index in [2.05, 4.69) is 41.1 Å². The standard InChI is InChI=1S/C24H29N3O4S3.ClH/c1-18-6-8-19(9-7-18)32-17-10-22(28)27(12-11-26-13-15-31-16-14-26)24-25-23-20(33-24)4-3-5-21(23)34(2,29)30;/h3-9H,10-17H2,1-2H3;1H. The van der Waals surface area contributed by atoms with Crippen LogP contribution in [0.4, 0.5) is 5.13 Å². The fraction of sp³-hybridized carbons (Fsp3) is 0.417. The number of amides is 1. The molecule has 1 fully saturated rings. The number of hydrogen-bond donors (Lipinski definition) is 0. The Labute approximate surface area is 221 Å². The number of sulfone groups is 1. The van der Waals surface area contributed by atoms with Crippen molar-refractivity contribution in [3.63, 3.8) is 0 Å². The number of carbonyl (C=O) groups excluding carboxylic acids is 1. The molecule has 2 heterocycles. The van der Waals surface area contributed by atoms with Crippen molar-refractivity contribution >= 4 is 66.6 Å². The molecule has 0 radical (unpaired) electrons. The molecule has 0 unspecified atom stereocenters. The smallest absolute Gasteiger partial charge is 0.229 e. The highest BCUT2D eigenvalue weighted by Crippen LogP contribution is 2.33. The molecule has 0 atom stereocenters. The van der Waals surface area contributed by atoms with Gasteiger partial charge in [-0.15, -0.1) is 24.2 Å². The van der Waals surface area contributed by atoms with Crippen LogP contribution in [0.15, 0.2) is 52.3 Å². The van der Waals surface area contributed by atoms with Gasteiger partial charge in [-0.05, 0) is 31.2 Å². The maximum atomic E-state index is 13.3. The molecule has 7 nitrogen and oxygen atoms in total. The van der Waals surface area contributed by atoms with Crippen LogP contribution >= 0.6 is 35.5 Å². The number of benzene rings is 2. The van der Waals surface area contributed by atoms with Crippen molar-refractivity contribution in [1.82, 2.24) is 9.88 Å². The van der Waals surface area contributed by atoms with E-state index in [-0.39, 0.29) is 23.2 Å². The fourth-order valence-electron chi connectivity index (χ4n) is 3.75. The first-order valence-electron chi connectivity index (χ1n) is 11.2. The van der Waals surface area contributed by atoms with E-state index >= 15 is 0 Å². The van der Waals surface area contributed by atoms with Crippen LogP contribution in [0.1, 0.15) is 12.0 Å². The Balaban J connectivity index is 0.00000342. The molecule has 1 amide bonds. The molecule has 0 saturated carbocycles. The number of halogens is 1. The van der Waals surface area contributed by atoms with Gasteiger partial charge in [-0.2, -0.15) is 0 Å². The molecular formula is C24H30ClN3O4S3. The molecule has 2 aromatic carbocycles. The Kier molecular flexibility index (Phi) is 9.97. The Morgan fingerprint density at radius 2 is 1.89 bits per heavy atom. The van der Waals surface area contributed by atoms with E-state index < -0.39 is 9.84 Å². The third-order valence-electron chi connectivity index (χ3n) is 5.65. The maximum absolute atomic E-state index is 13.3. The summed E-state index contributed by atoms with van der Waals surface area (Å²) in [4.78, 5) is 23.3. The molecule has 3 aromatic rings. The van der Waals surface area contributed by atoms with Crippen molar-refractivity contribution in [2.45, 2.75) is 23.1 Å². The van der Waals surface area contributed by atoms with Crippen molar-refractivity contribution in [3.8, 4) is 0 Å². The Morgan fingerprint density at radius 3 is 2.57 bits per heavy atom. The van der Waals surface area contributed by atoms with Gasteiger partial charge < -0.3 is 4.74 Å². The molecule has 0 spiro atoms. The normalized spacial score (nSPS) is 14.6. The largest absolute Gasteiger partial charge is 0.379 e. The van der Waals surface area contributed by atoms with Crippen LogP contribution in [0, 0.1) is 6.92 Å². The van der Waals surface area contributed by atoms with E-state index in [4.69, 9.17) is 4.74 Å². The minimum absolute atomic E-state index is 0. The highest BCUT2D eigenvalue weighted by molar-refractivity contribution is 7.99. The van der Waals surface area contributed by atoms with Crippen LogP contribution in [-0.4, -0.2) is 75.6 Å². The summed E-state index contributed by atoms with van der Waals surface area (Å²) in [6.07, 6.45) is 1.56. The molecule has 4 rings (SSSR count). The third kappa shape index (κ3) is 7.41. The fourth-order valence-corrected chi connectivity index (χ4v) is 6.52. The minimum atomic E-state index is -3.42. The molecule has 1 saturated heterocycles. The van der Waals surface area contributed by atoms with Gasteiger partial charge in [0.05, 0.1) is 22.8 Å². The predicted octanol–water partition coefficient (Wildman–Crippen LogP) is 4.28. The molecule has 0 N–H and O–H groups in total. The lowest BCUT2D eigenvalue weighted by Crippen LogP contribution is -2.43. The number of aromatic nitrogens is 1. The molecule has 11 heteroatoms. The van der Waals surface area contributed by atoms with Crippen molar-refractivity contribution in [2.75, 3.05) is 56.3 Å². The number of thiazole rings is 1. The van der Waals surface area contributed by atoms with Crippen molar-refractivity contribution in [2.24, 2.45) is 0 Å². The number of rotatable bonds is 9. The van der Waals surface area contributed by atoms with Crippen LogP contribution in [0.25, 0.3) is 10.2 Å². The van der Waals surface area contributed by atoms with Gasteiger partial charge in [-0.25, -0.2) is 13.4 Å². The summed E-state index contributed by atoms with van der Waals surface area (Å²) >= 11 is 3.02. The minimum Gasteiger partial charge on any atom is -0.379 e. The van der Waals surface area contributed by atoms with Crippen molar-refractivity contribution < 1.29 is 17.9 Å². The first-order valence-corrected chi connectivity index (χ1v) is 14.9. The average Bonchev–Trinajstić information content (AvgIpc) is 3.24. The molecular weight excluding hydrogens is 526 g/mol. The van der Waals surface area contributed by atoms with E-state index in [1.165, 1.54) is 23.2 Å². The summed E-state index contributed by atoms with van der Waals surface area (Å²) in [5.74, 6) is 0.655. The number of anilines is 1. The van der Waals surface area contributed by atoms with Crippen LogP contribution < -0.4 is 4.90 Å². The molecule has 1 aromatic heterocycles. The second kappa shape index (κ2) is 12.5. The van der Waals surface area contributed by atoms with Crippen LogP contribution in [0.3, 0.4) is 0 Å². The Morgan fingerprint density at radius 1 is 1.17 bits per heavy atom. The molecule has 190 valence electrons. The lowest BCUT2D eigenvalue weighted by Gasteiger charge is -2.29. The molecule has 0 bridgehead atoms. The number of carbonyl (C=O) groups is 1. The maximum Gasteiger partial charge on any atom is 0.229 e. The van der Waals surface area contributed by atoms with E-state index in [1.54, 1.807) is 28.8 Å². The second-order valence-corrected chi connectivity index (χ2v) is 12.4. The van der Waals surface area contributed by atoms with Gasteiger partial charge in [-0.1, -0.05) is 35.1 Å². The molecule has 1 aliphatic rings. The zero-order valence-corrected chi connectivity index (χ0v) is 23.1. The molecule has 35 heavy (non-hydrogen) atoms. The first-order chi connectivity index (χ1) is 16.3. The Hall–Kier alpha value is -1.69. The SMILES string of the molecule is Cc1ccc(SCCC(=O)N(CCN2CCOCC2)c2nc3c(S(C)(=O)=O)cccc3s2)cc1.Cl. The lowest BCUT2D eigenvalue weighted by molar-refractivity contribution is -0.118. The average molecular weight is 556 g/mol. The number of morpholine rings is 1.